The summed E-state index contributed by atoms with van der Waals surface area (Å²) < 4.78 is 4.41. The molecule has 0 saturated heterocycles. The fourth-order valence-electron chi connectivity index (χ4n) is 0.755. The highest BCUT2D eigenvalue weighted by Gasteiger charge is 2.18. The lowest BCUT2D eigenvalue weighted by molar-refractivity contribution is -0.142. The van der Waals surface area contributed by atoms with E-state index >= 15 is 0 Å². The molecule has 0 bridgehead atoms. The summed E-state index contributed by atoms with van der Waals surface area (Å²) in [6.07, 6.45) is 0. The molecule has 14 heavy (non-hydrogen) atoms. The molecule has 2 N–H and O–H groups in total. The van der Waals surface area contributed by atoms with E-state index in [9.17, 15) is 9.59 Å². The third-order valence-electron chi connectivity index (χ3n) is 1.45. The summed E-state index contributed by atoms with van der Waals surface area (Å²) in [6.45, 7) is 1.49. The number of carbonyl (C=O) groups excluding carboxylic acids is 2. The van der Waals surface area contributed by atoms with E-state index in [0.29, 0.717) is 0 Å². The molecule has 1 atom stereocenters. The molecule has 8 heteroatoms. The number of carbonyl (C=O) groups is 2. The highest BCUT2D eigenvalue weighted by Crippen LogP contribution is 1.89. The summed E-state index contributed by atoms with van der Waals surface area (Å²) in [5, 5.41) is 14.5. The average Bonchev–Trinajstić information content (AvgIpc) is 2.69. The van der Waals surface area contributed by atoms with Crippen LogP contribution in [0.5, 0.6) is 0 Å². The zero-order chi connectivity index (χ0) is 10.6. The third-order valence-corrected chi connectivity index (χ3v) is 1.45. The minimum atomic E-state index is -0.744. The second-order valence-electron chi connectivity index (χ2n) is 2.45. The van der Waals surface area contributed by atoms with Crippen molar-refractivity contribution in [2.24, 2.45) is 0 Å². The van der Waals surface area contributed by atoms with E-state index < -0.39 is 17.9 Å². The van der Waals surface area contributed by atoms with Gasteiger partial charge in [-0.25, -0.2) is 4.79 Å². The highest BCUT2D eigenvalue weighted by atomic mass is 16.5. The molecule has 1 unspecified atom stereocenters. The zero-order valence-electron chi connectivity index (χ0n) is 7.64. The predicted octanol–water partition coefficient (Wildman–Crippen LogP) is -1.51. The summed E-state index contributed by atoms with van der Waals surface area (Å²) in [5.74, 6) is -1.25. The number of aromatic nitrogens is 4. The van der Waals surface area contributed by atoms with Crippen molar-refractivity contribution in [1.29, 1.82) is 0 Å². The van der Waals surface area contributed by atoms with Gasteiger partial charge in [0.15, 0.2) is 0 Å². The van der Waals surface area contributed by atoms with Crippen molar-refractivity contribution in [2.75, 3.05) is 7.11 Å². The van der Waals surface area contributed by atoms with E-state index in [0.717, 1.165) is 0 Å². The topological polar surface area (TPSA) is 110 Å². The molecule has 0 saturated carbocycles. The fourth-order valence-corrected chi connectivity index (χ4v) is 0.755. The van der Waals surface area contributed by atoms with Gasteiger partial charge in [-0.3, -0.25) is 4.79 Å². The molecule has 1 heterocycles. The van der Waals surface area contributed by atoms with Gasteiger partial charge < -0.3 is 10.1 Å². The Bertz CT molecular complexity index is 322. The van der Waals surface area contributed by atoms with Crippen LogP contribution in [0.1, 0.15) is 17.5 Å². The number of aromatic amines is 1. The Balaban J connectivity index is 2.53. The summed E-state index contributed by atoms with van der Waals surface area (Å²) in [7, 11) is 1.24. The van der Waals surface area contributed by atoms with Gasteiger partial charge in [-0.2, -0.15) is 5.21 Å². The first-order valence-corrected chi connectivity index (χ1v) is 3.77. The largest absolute Gasteiger partial charge is 0.467 e. The summed E-state index contributed by atoms with van der Waals surface area (Å²) in [4.78, 5) is 22.1. The summed E-state index contributed by atoms with van der Waals surface area (Å²) >= 11 is 0. The lowest BCUT2D eigenvalue weighted by atomic mass is 10.3. The first kappa shape index (κ1) is 10.1. The first-order valence-electron chi connectivity index (χ1n) is 3.77. The molecule has 0 aliphatic carbocycles. The molecule has 0 aromatic carbocycles. The lowest BCUT2D eigenvalue weighted by Crippen LogP contribution is -2.39. The maximum absolute atomic E-state index is 11.2. The number of nitrogens with one attached hydrogen (secondary N) is 2. The van der Waals surface area contributed by atoms with Crippen LogP contribution >= 0.6 is 0 Å². The second-order valence-corrected chi connectivity index (χ2v) is 2.45. The van der Waals surface area contributed by atoms with Crippen LogP contribution in [0.3, 0.4) is 0 Å². The molecule has 76 valence electrons. The lowest BCUT2D eigenvalue weighted by Gasteiger charge is -2.08. The zero-order valence-corrected chi connectivity index (χ0v) is 7.64. The van der Waals surface area contributed by atoms with E-state index in [1.807, 2.05) is 0 Å². The van der Waals surface area contributed by atoms with Crippen LogP contribution < -0.4 is 5.32 Å². The highest BCUT2D eigenvalue weighted by molar-refractivity contribution is 5.93. The van der Waals surface area contributed by atoms with Crippen molar-refractivity contribution >= 4 is 11.9 Å². The standard InChI is InChI=1S/C6H9N5O3/c1-3(6(13)14-2)7-5(12)4-8-10-11-9-4/h3H,1-2H3,(H,7,12)(H,8,9,10,11). The van der Waals surface area contributed by atoms with E-state index in [2.05, 4.69) is 30.7 Å². The van der Waals surface area contributed by atoms with Gasteiger partial charge in [-0.05, 0) is 12.1 Å². The van der Waals surface area contributed by atoms with Gasteiger partial charge in [-0.15, -0.1) is 10.2 Å². The van der Waals surface area contributed by atoms with Gasteiger partial charge in [0, 0.05) is 0 Å². The number of tetrazole rings is 1. The van der Waals surface area contributed by atoms with Gasteiger partial charge in [0.05, 0.1) is 7.11 Å². The van der Waals surface area contributed by atoms with Crippen molar-refractivity contribution in [3.8, 4) is 0 Å². The number of rotatable bonds is 3. The van der Waals surface area contributed by atoms with Crippen molar-refractivity contribution in [3.63, 3.8) is 0 Å². The van der Waals surface area contributed by atoms with Crippen LogP contribution in [-0.2, 0) is 9.53 Å². The summed E-state index contributed by atoms with van der Waals surface area (Å²) in [5.41, 5.74) is 0. The molecule has 1 rings (SSSR count). The van der Waals surface area contributed by atoms with Crippen molar-refractivity contribution in [2.45, 2.75) is 13.0 Å². The Hall–Kier alpha value is -1.99. The molecule has 0 spiro atoms. The van der Waals surface area contributed by atoms with E-state index in [1.165, 1.54) is 14.0 Å². The molecule has 0 aliphatic rings. The van der Waals surface area contributed by atoms with Crippen molar-refractivity contribution < 1.29 is 14.3 Å². The van der Waals surface area contributed by atoms with Gasteiger partial charge in [0.2, 0.25) is 0 Å². The first-order chi connectivity index (χ1) is 6.65. The van der Waals surface area contributed by atoms with Crippen LogP contribution in [-0.4, -0.2) is 45.7 Å². The van der Waals surface area contributed by atoms with Crippen LogP contribution in [0, 0.1) is 0 Å². The molecule has 1 aromatic rings. The van der Waals surface area contributed by atoms with E-state index in [1.54, 1.807) is 0 Å². The number of hydrogen-bond donors (Lipinski definition) is 2. The van der Waals surface area contributed by atoms with Crippen molar-refractivity contribution in [1.82, 2.24) is 25.9 Å². The maximum atomic E-state index is 11.2. The second kappa shape index (κ2) is 4.30. The summed E-state index contributed by atoms with van der Waals surface area (Å²) in [6, 6.07) is -0.744. The van der Waals surface area contributed by atoms with E-state index in [4.69, 9.17) is 0 Å². The Morgan fingerprint density at radius 3 is 2.79 bits per heavy atom. The molecule has 0 aliphatic heterocycles. The maximum Gasteiger partial charge on any atom is 0.328 e. The van der Waals surface area contributed by atoms with Gasteiger partial charge in [0.25, 0.3) is 11.7 Å². The van der Waals surface area contributed by atoms with Crippen LogP contribution in [0.2, 0.25) is 0 Å². The Morgan fingerprint density at radius 2 is 2.29 bits per heavy atom. The number of methoxy groups -OCH3 is 1. The minimum Gasteiger partial charge on any atom is -0.467 e. The Labute approximate surface area is 79.0 Å². The molecule has 0 radical (unpaired) electrons. The molecular formula is C6H9N5O3. The Kier molecular flexibility index (Phi) is 3.10. The monoisotopic (exact) mass is 199 g/mol. The number of H-pyrrole nitrogens is 1. The number of nitrogens with zero attached hydrogens (tertiary/aromatic N) is 3. The predicted molar refractivity (Wildman–Crippen MR) is 43.1 cm³/mol. The molecule has 1 amide bonds. The normalized spacial score (nSPS) is 11.9. The number of hydrogen-bond acceptors (Lipinski definition) is 6. The van der Waals surface area contributed by atoms with E-state index in [-0.39, 0.29) is 5.82 Å². The van der Waals surface area contributed by atoms with Gasteiger partial charge in [-0.1, -0.05) is 0 Å². The van der Waals surface area contributed by atoms with Crippen LogP contribution in [0.15, 0.2) is 0 Å². The quantitative estimate of drug-likeness (QED) is 0.573. The molecule has 1 aromatic heterocycles. The number of esters is 1. The molecule has 0 fully saturated rings. The third kappa shape index (κ3) is 2.25. The smallest absolute Gasteiger partial charge is 0.328 e. The SMILES string of the molecule is COC(=O)C(C)NC(=O)c1nn[nH]n1. The van der Waals surface area contributed by atoms with Gasteiger partial charge in [0.1, 0.15) is 6.04 Å². The molecular weight excluding hydrogens is 190 g/mol. The van der Waals surface area contributed by atoms with Crippen LogP contribution in [0.4, 0.5) is 0 Å². The van der Waals surface area contributed by atoms with Crippen molar-refractivity contribution in [3.05, 3.63) is 5.82 Å². The Morgan fingerprint density at radius 1 is 1.57 bits per heavy atom. The van der Waals surface area contributed by atoms with Crippen LogP contribution in [0.25, 0.3) is 0 Å². The minimum absolute atomic E-state index is 0.124. The average molecular weight is 199 g/mol. The van der Waals surface area contributed by atoms with Gasteiger partial charge >= 0.3 is 5.97 Å². The number of amides is 1. The molecule has 8 nitrogen and oxygen atoms in total. The number of ether oxygens (including phenoxy) is 1. The fraction of sp³-hybridized carbons (Fsp3) is 0.500.